The molecule has 0 fully saturated rings. The van der Waals surface area contributed by atoms with E-state index in [9.17, 15) is 0 Å². The van der Waals surface area contributed by atoms with E-state index in [2.05, 4.69) is 226 Å². The molecule has 14 rings (SSSR count). The summed E-state index contributed by atoms with van der Waals surface area (Å²) in [6.07, 6.45) is 0. The van der Waals surface area contributed by atoms with Gasteiger partial charge in [0.25, 0.3) is 0 Å². The molecule has 298 valence electrons. The van der Waals surface area contributed by atoms with E-state index in [4.69, 9.17) is 4.42 Å². The van der Waals surface area contributed by atoms with E-state index in [1.165, 1.54) is 93.4 Å². The SMILES string of the molecule is c1ccc(-n2c3ccccc3c3cc(-c4ccc5c(c4)c4cc(-c6ccc7c(c6)c6ccccc6n7-c6ccc7oc8ccccc8c7c6)ccc4n5-c4ccccc4)ccc32)cc1. The average Bonchev–Trinajstić information content (AvgIpc) is 4.10. The van der Waals surface area contributed by atoms with Gasteiger partial charge in [-0.3, -0.25) is 0 Å². The van der Waals surface area contributed by atoms with Crippen LogP contribution in [-0.4, -0.2) is 13.7 Å². The number of hydrogen-bond acceptors (Lipinski definition) is 1. The van der Waals surface area contributed by atoms with Crippen molar-refractivity contribution < 1.29 is 4.42 Å². The first-order chi connectivity index (χ1) is 31.7. The molecule has 0 unspecified atom stereocenters. The molecule has 4 nitrogen and oxygen atoms in total. The second kappa shape index (κ2) is 13.4. The van der Waals surface area contributed by atoms with Crippen molar-refractivity contribution in [3.63, 3.8) is 0 Å². The molecule has 0 N–H and O–H groups in total. The molecule has 64 heavy (non-hydrogen) atoms. The Bertz CT molecular complexity index is 4180. The maximum absolute atomic E-state index is 6.21. The van der Waals surface area contributed by atoms with Gasteiger partial charge in [-0.1, -0.05) is 115 Å². The number of furan rings is 1. The highest BCUT2D eigenvalue weighted by Gasteiger charge is 2.19. The molecule has 4 heterocycles. The Hall–Kier alpha value is -8.60. The van der Waals surface area contributed by atoms with E-state index in [1.54, 1.807) is 0 Å². The van der Waals surface area contributed by atoms with Crippen molar-refractivity contribution in [1.29, 1.82) is 0 Å². The lowest BCUT2D eigenvalue weighted by molar-refractivity contribution is 0.669. The van der Waals surface area contributed by atoms with Gasteiger partial charge in [0.05, 0.1) is 33.1 Å². The predicted octanol–water partition coefficient (Wildman–Crippen LogP) is 16.2. The largest absolute Gasteiger partial charge is 0.456 e. The van der Waals surface area contributed by atoms with E-state index >= 15 is 0 Å². The molecule has 14 aromatic rings. The molecule has 0 amide bonds. The van der Waals surface area contributed by atoms with Gasteiger partial charge >= 0.3 is 0 Å². The minimum atomic E-state index is 0.900. The lowest BCUT2D eigenvalue weighted by Gasteiger charge is -2.10. The zero-order valence-corrected chi connectivity index (χ0v) is 34.6. The molecule has 10 aromatic carbocycles. The van der Waals surface area contributed by atoms with E-state index in [1.807, 2.05) is 12.1 Å². The third-order valence-corrected chi connectivity index (χ3v) is 13.4. The minimum absolute atomic E-state index is 0.900. The van der Waals surface area contributed by atoms with Gasteiger partial charge in [-0.05, 0) is 131 Å². The first-order valence-corrected chi connectivity index (χ1v) is 21.9. The number of fused-ring (bicyclic) bond motifs is 12. The molecule has 0 atom stereocenters. The van der Waals surface area contributed by atoms with E-state index in [0.29, 0.717) is 0 Å². The van der Waals surface area contributed by atoms with E-state index in [0.717, 1.165) is 33.3 Å². The van der Waals surface area contributed by atoms with Crippen LogP contribution in [0.3, 0.4) is 0 Å². The summed E-state index contributed by atoms with van der Waals surface area (Å²) in [5.41, 5.74) is 17.1. The summed E-state index contributed by atoms with van der Waals surface area (Å²) in [5.74, 6) is 0. The molecule has 0 aliphatic rings. The summed E-state index contributed by atoms with van der Waals surface area (Å²) in [6.45, 7) is 0. The van der Waals surface area contributed by atoms with Crippen molar-refractivity contribution in [2.75, 3.05) is 0 Å². The van der Waals surface area contributed by atoms with E-state index in [-0.39, 0.29) is 0 Å². The van der Waals surface area contributed by atoms with Gasteiger partial charge in [0, 0.05) is 60.2 Å². The van der Waals surface area contributed by atoms with Gasteiger partial charge in [0.1, 0.15) is 11.2 Å². The third-order valence-electron chi connectivity index (χ3n) is 13.4. The zero-order valence-electron chi connectivity index (χ0n) is 34.6. The fraction of sp³-hybridized carbons (Fsp3) is 0. The standard InChI is InChI=1S/C60H37N3O/c1-3-13-42(14-4-1)61-53-20-10-7-17-45(53)48-33-38(23-28-55(48)61)40-25-30-57-50(35-40)51-36-41(26-31-58(51)62(57)43-15-5-2-6-16-43)39-24-29-56-49(34-39)46-18-8-11-21-54(46)63(56)44-27-32-60-52(37-44)47-19-9-12-22-59(47)64-60/h1-37H. The van der Waals surface area contributed by atoms with Crippen LogP contribution >= 0.6 is 0 Å². The van der Waals surface area contributed by atoms with Crippen LogP contribution in [0.4, 0.5) is 0 Å². The fourth-order valence-electron chi connectivity index (χ4n) is 10.5. The highest BCUT2D eigenvalue weighted by Crippen LogP contribution is 2.41. The maximum atomic E-state index is 6.21. The third kappa shape index (κ3) is 5.11. The summed E-state index contributed by atoms with van der Waals surface area (Å²) in [4.78, 5) is 0. The van der Waals surface area contributed by atoms with Crippen molar-refractivity contribution >= 4 is 87.4 Å². The summed E-state index contributed by atoms with van der Waals surface area (Å²) in [7, 11) is 0. The van der Waals surface area contributed by atoms with Crippen LogP contribution < -0.4 is 0 Å². The summed E-state index contributed by atoms with van der Waals surface area (Å²) < 4.78 is 13.4. The van der Waals surface area contributed by atoms with E-state index < -0.39 is 0 Å². The number of hydrogen-bond donors (Lipinski definition) is 0. The Labute approximate surface area is 367 Å². The van der Waals surface area contributed by atoms with Crippen LogP contribution in [0.25, 0.3) is 127 Å². The minimum Gasteiger partial charge on any atom is -0.456 e. The van der Waals surface area contributed by atoms with Crippen molar-refractivity contribution in [2.24, 2.45) is 0 Å². The predicted molar refractivity (Wildman–Crippen MR) is 268 cm³/mol. The molecular formula is C60H37N3O. The molecule has 0 aliphatic heterocycles. The van der Waals surface area contributed by atoms with Gasteiger partial charge < -0.3 is 18.1 Å². The van der Waals surface area contributed by atoms with Crippen LogP contribution in [0, 0.1) is 0 Å². The quantitative estimate of drug-likeness (QED) is 0.170. The molecule has 0 radical (unpaired) electrons. The molecule has 0 saturated carbocycles. The fourth-order valence-corrected chi connectivity index (χ4v) is 10.5. The highest BCUT2D eigenvalue weighted by molar-refractivity contribution is 6.15. The monoisotopic (exact) mass is 815 g/mol. The number of nitrogens with zero attached hydrogens (tertiary/aromatic N) is 3. The van der Waals surface area contributed by atoms with Crippen LogP contribution in [0.5, 0.6) is 0 Å². The van der Waals surface area contributed by atoms with Gasteiger partial charge in [0.15, 0.2) is 0 Å². The Morgan fingerprint density at radius 1 is 0.219 bits per heavy atom. The Morgan fingerprint density at radius 2 is 0.578 bits per heavy atom. The molecule has 4 heteroatoms. The van der Waals surface area contributed by atoms with Crippen molar-refractivity contribution in [3.05, 3.63) is 224 Å². The van der Waals surface area contributed by atoms with Crippen molar-refractivity contribution in [2.45, 2.75) is 0 Å². The first kappa shape index (κ1) is 35.0. The highest BCUT2D eigenvalue weighted by atomic mass is 16.3. The van der Waals surface area contributed by atoms with Gasteiger partial charge in [-0.25, -0.2) is 0 Å². The Morgan fingerprint density at radius 3 is 1.06 bits per heavy atom. The van der Waals surface area contributed by atoms with Crippen LogP contribution in [0.1, 0.15) is 0 Å². The smallest absolute Gasteiger partial charge is 0.135 e. The maximum Gasteiger partial charge on any atom is 0.135 e. The topological polar surface area (TPSA) is 27.9 Å². The summed E-state index contributed by atoms with van der Waals surface area (Å²) in [6, 6.07) is 81.6. The van der Waals surface area contributed by atoms with Gasteiger partial charge in [-0.2, -0.15) is 0 Å². The normalized spacial score (nSPS) is 12.1. The Kier molecular flexibility index (Phi) is 7.36. The molecular weight excluding hydrogens is 779 g/mol. The lowest BCUT2D eigenvalue weighted by atomic mass is 9.98. The van der Waals surface area contributed by atoms with Crippen LogP contribution in [0.2, 0.25) is 0 Å². The number of aromatic nitrogens is 3. The second-order valence-corrected chi connectivity index (χ2v) is 16.9. The molecule has 0 spiro atoms. The second-order valence-electron chi connectivity index (χ2n) is 16.9. The van der Waals surface area contributed by atoms with Gasteiger partial charge in [0.2, 0.25) is 0 Å². The number of rotatable bonds is 5. The van der Waals surface area contributed by atoms with Gasteiger partial charge in [-0.15, -0.1) is 0 Å². The van der Waals surface area contributed by atoms with Crippen molar-refractivity contribution in [1.82, 2.24) is 13.7 Å². The van der Waals surface area contributed by atoms with Crippen LogP contribution in [-0.2, 0) is 0 Å². The average molecular weight is 816 g/mol. The number of benzene rings is 10. The lowest BCUT2D eigenvalue weighted by Crippen LogP contribution is -1.93. The first-order valence-electron chi connectivity index (χ1n) is 21.9. The molecule has 0 bridgehead atoms. The number of para-hydroxylation sites is 5. The summed E-state index contributed by atoms with van der Waals surface area (Å²) in [5, 5.41) is 9.66. The zero-order chi connectivity index (χ0) is 41.9. The summed E-state index contributed by atoms with van der Waals surface area (Å²) >= 11 is 0. The molecule has 0 saturated heterocycles. The van der Waals surface area contributed by atoms with Crippen LogP contribution in [0.15, 0.2) is 229 Å². The Balaban J connectivity index is 0.939. The molecule has 4 aromatic heterocycles. The molecule has 0 aliphatic carbocycles. The van der Waals surface area contributed by atoms with Crippen molar-refractivity contribution in [3.8, 4) is 39.3 Å².